The van der Waals surface area contributed by atoms with Gasteiger partial charge in [-0.1, -0.05) is 6.07 Å². The summed E-state index contributed by atoms with van der Waals surface area (Å²) in [6.07, 6.45) is 1.63. The van der Waals surface area contributed by atoms with Gasteiger partial charge in [0.25, 0.3) is 0 Å². The van der Waals surface area contributed by atoms with Gasteiger partial charge in [0, 0.05) is 31.9 Å². The fourth-order valence-corrected chi connectivity index (χ4v) is 3.95. The van der Waals surface area contributed by atoms with Gasteiger partial charge in [-0.25, -0.2) is 8.42 Å². The van der Waals surface area contributed by atoms with E-state index in [1.54, 1.807) is 29.6 Å². The molecule has 1 fully saturated rings. The largest absolute Gasteiger partial charge is 0.314 e. The predicted octanol–water partition coefficient (Wildman–Crippen LogP) is 0.766. The molecule has 0 saturated carbocycles. The van der Waals surface area contributed by atoms with Gasteiger partial charge < -0.3 is 5.32 Å². The lowest BCUT2D eigenvalue weighted by Crippen LogP contribution is -2.53. The number of pyridine rings is 1. The second-order valence-electron chi connectivity index (χ2n) is 4.61. The highest BCUT2D eigenvalue weighted by Gasteiger charge is 2.34. The van der Waals surface area contributed by atoms with E-state index in [2.05, 4.69) is 10.3 Å². The molecule has 1 aliphatic rings. The van der Waals surface area contributed by atoms with Gasteiger partial charge in [0.05, 0.1) is 5.69 Å². The molecular formula is C12H19N3O2S. The minimum atomic E-state index is -3.33. The maximum absolute atomic E-state index is 12.6. The lowest BCUT2D eigenvalue weighted by atomic mass is 10.3. The van der Waals surface area contributed by atoms with Crippen molar-refractivity contribution in [2.75, 3.05) is 19.6 Å². The molecular weight excluding hydrogens is 250 g/mol. The molecule has 100 valence electrons. The number of nitrogens with zero attached hydrogens (tertiary/aromatic N) is 2. The van der Waals surface area contributed by atoms with Crippen LogP contribution in [0.4, 0.5) is 0 Å². The SMILES string of the molecule is C[C@H]1CNCCN1S(=O)(=O)[C@@H](C)c1ccccn1. The third-order valence-electron chi connectivity index (χ3n) is 3.32. The second kappa shape index (κ2) is 5.34. The zero-order valence-electron chi connectivity index (χ0n) is 10.7. The van der Waals surface area contributed by atoms with Gasteiger partial charge >= 0.3 is 0 Å². The van der Waals surface area contributed by atoms with Crippen LogP contribution in [-0.4, -0.2) is 43.4 Å². The summed E-state index contributed by atoms with van der Waals surface area (Å²) in [7, 11) is -3.33. The molecule has 0 spiro atoms. The first-order valence-electron chi connectivity index (χ1n) is 6.16. The fraction of sp³-hybridized carbons (Fsp3) is 0.583. The number of rotatable bonds is 3. The monoisotopic (exact) mass is 269 g/mol. The molecule has 6 heteroatoms. The minimum absolute atomic E-state index is 0.00471. The third-order valence-corrected chi connectivity index (χ3v) is 5.65. The van der Waals surface area contributed by atoms with Crippen molar-refractivity contribution in [1.82, 2.24) is 14.6 Å². The number of sulfonamides is 1. The molecule has 0 bridgehead atoms. The lowest BCUT2D eigenvalue weighted by Gasteiger charge is -2.34. The van der Waals surface area contributed by atoms with Crippen molar-refractivity contribution in [3.63, 3.8) is 0 Å². The third kappa shape index (κ3) is 2.55. The summed E-state index contributed by atoms with van der Waals surface area (Å²) in [5.74, 6) is 0. The highest BCUT2D eigenvalue weighted by Crippen LogP contribution is 2.25. The zero-order valence-corrected chi connectivity index (χ0v) is 11.5. The van der Waals surface area contributed by atoms with Crippen molar-refractivity contribution in [3.8, 4) is 0 Å². The summed E-state index contributed by atoms with van der Waals surface area (Å²) in [4.78, 5) is 4.14. The van der Waals surface area contributed by atoms with Gasteiger partial charge in [0.15, 0.2) is 0 Å². The summed E-state index contributed by atoms with van der Waals surface area (Å²) >= 11 is 0. The summed E-state index contributed by atoms with van der Waals surface area (Å²) in [6, 6.07) is 5.36. The molecule has 1 aromatic heterocycles. The molecule has 0 aliphatic carbocycles. The van der Waals surface area contributed by atoms with Crippen LogP contribution in [0.25, 0.3) is 0 Å². The molecule has 0 unspecified atom stereocenters. The first-order chi connectivity index (χ1) is 8.53. The van der Waals surface area contributed by atoms with Gasteiger partial charge in [0.2, 0.25) is 10.0 Å². The smallest absolute Gasteiger partial charge is 0.222 e. The van der Waals surface area contributed by atoms with Crippen molar-refractivity contribution in [1.29, 1.82) is 0 Å². The van der Waals surface area contributed by atoms with Gasteiger partial charge in [-0.15, -0.1) is 0 Å². The van der Waals surface area contributed by atoms with E-state index in [9.17, 15) is 8.42 Å². The van der Waals surface area contributed by atoms with Crippen LogP contribution in [-0.2, 0) is 10.0 Å². The summed E-state index contributed by atoms with van der Waals surface area (Å²) < 4.78 is 26.7. The van der Waals surface area contributed by atoms with E-state index in [1.165, 1.54) is 0 Å². The van der Waals surface area contributed by atoms with Crippen molar-refractivity contribution in [3.05, 3.63) is 30.1 Å². The van der Waals surface area contributed by atoms with E-state index in [0.717, 1.165) is 0 Å². The van der Waals surface area contributed by atoms with E-state index < -0.39 is 15.3 Å². The quantitative estimate of drug-likeness (QED) is 0.880. The van der Waals surface area contributed by atoms with Crippen molar-refractivity contribution >= 4 is 10.0 Å². The molecule has 5 nitrogen and oxygen atoms in total. The Bertz CT molecular complexity index is 489. The van der Waals surface area contributed by atoms with E-state index in [1.807, 2.05) is 13.0 Å². The number of piperazine rings is 1. The molecule has 0 aromatic carbocycles. The van der Waals surface area contributed by atoms with E-state index in [-0.39, 0.29) is 6.04 Å². The molecule has 1 N–H and O–H groups in total. The Balaban J connectivity index is 2.25. The summed E-state index contributed by atoms with van der Waals surface area (Å²) in [5.41, 5.74) is 0.600. The first-order valence-corrected chi connectivity index (χ1v) is 7.66. The highest BCUT2D eigenvalue weighted by molar-refractivity contribution is 7.89. The highest BCUT2D eigenvalue weighted by atomic mass is 32.2. The lowest BCUT2D eigenvalue weighted by molar-refractivity contribution is 0.281. The number of hydrogen-bond donors (Lipinski definition) is 1. The first kappa shape index (κ1) is 13.5. The summed E-state index contributed by atoms with van der Waals surface area (Å²) in [6.45, 7) is 5.56. The Morgan fingerprint density at radius 2 is 2.28 bits per heavy atom. The van der Waals surface area contributed by atoms with Gasteiger partial charge in [0.1, 0.15) is 5.25 Å². The van der Waals surface area contributed by atoms with Crippen LogP contribution in [0.2, 0.25) is 0 Å². The molecule has 0 amide bonds. The maximum atomic E-state index is 12.6. The second-order valence-corrected chi connectivity index (χ2v) is 6.81. The van der Waals surface area contributed by atoms with Crippen molar-refractivity contribution in [2.45, 2.75) is 25.1 Å². The molecule has 2 rings (SSSR count). The van der Waals surface area contributed by atoms with Crippen LogP contribution in [0.3, 0.4) is 0 Å². The van der Waals surface area contributed by atoms with Crippen molar-refractivity contribution < 1.29 is 8.42 Å². The van der Waals surface area contributed by atoms with Gasteiger partial charge in [-0.3, -0.25) is 4.98 Å². The molecule has 18 heavy (non-hydrogen) atoms. The van der Waals surface area contributed by atoms with Crippen LogP contribution >= 0.6 is 0 Å². The van der Waals surface area contributed by atoms with Crippen LogP contribution < -0.4 is 5.32 Å². The normalized spacial score (nSPS) is 23.8. The van der Waals surface area contributed by atoms with E-state index >= 15 is 0 Å². The van der Waals surface area contributed by atoms with E-state index in [0.29, 0.717) is 25.3 Å². The Hall–Kier alpha value is -0.980. The van der Waals surface area contributed by atoms with E-state index in [4.69, 9.17) is 0 Å². The number of hydrogen-bond acceptors (Lipinski definition) is 4. The topological polar surface area (TPSA) is 62.3 Å². The Morgan fingerprint density at radius 1 is 1.50 bits per heavy atom. The predicted molar refractivity (Wildman–Crippen MR) is 70.6 cm³/mol. The Kier molecular flexibility index (Phi) is 3.99. The average Bonchev–Trinajstić information content (AvgIpc) is 2.39. The fourth-order valence-electron chi connectivity index (χ4n) is 2.17. The van der Waals surface area contributed by atoms with Crippen LogP contribution in [0.1, 0.15) is 24.8 Å². The Labute approximate surface area is 108 Å². The van der Waals surface area contributed by atoms with Crippen LogP contribution in [0, 0.1) is 0 Å². The molecule has 0 radical (unpaired) electrons. The van der Waals surface area contributed by atoms with Crippen LogP contribution in [0.5, 0.6) is 0 Å². The molecule has 2 heterocycles. The Morgan fingerprint density at radius 3 is 2.89 bits per heavy atom. The maximum Gasteiger partial charge on any atom is 0.222 e. The molecule has 2 atom stereocenters. The standard InChI is InChI=1S/C12H19N3O2S/c1-10-9-13-7-8-15(10)18(16,17)11(2)12-5-3-4-6-14-12/h3-6,10-11,13H,7-9H2,1-2H3/t10-,11-/m0/s1. The molecule has 1 aromatic rings. The van der Waals surface area contributed by atoms with Crippen LogP contribution in [0.15, 0.2) is 24.4 Å². The minimum Gasteiger partial charge on any atom is -0.314 e. The zero-order chi connectivity index (χ0) is 13.2. The summed E-state index contributed by atoms with van der Waals surface area (Å²) in [5, 5.41) is 2.60. The molecule has 1 saturated heterocycles. The molecule has 1 aliphatic heterocycles. The average molecular weight is 269 g/mol. The van der Waals surface area contributed by atoms with Crippen molar-refractivity contribution in [2.24, 2.45) is 0 Å². The van der Waals surface area contributed by atoms with Gasteiger partial charge in [-0.05, 0) is 26.0 Å². The number of aromatic nitrogens is 1. The number of nitrogens with one attached hydrogen (secondary N) is 1. The van der Waals surface area contributed by atoms with Gasteiger partial charge in [-0.2, -0.15) is 4.31 Å².